The quantitative estimate of drug-likeness (QED) is 0.464. The van der Waals surface area contributed by atoms with Gasteiger partial charge in [0, 0.05) is 0 Å². The van der Waals surface area contributed by atoms with Crippen LogP contribution in [0.1, 0.15) is 0 Å². The van der Waals surface area contributed by atoms with Gasteiger partial charge >= 0.3 is 0 Å². The molecule has 0 unspecified atom stereocenters. The molecule has 8 heavy (non-hydrogen) atoms. The molecule has 4 heteroatoms. The molecule has 0 atom stereocenters. The van der Waals surface area contributed by atoms with Crippen LogP contribution in [0, 0.1) is 0 Å². The lowest BCUT2D eigenvalue weighted by molar-refractivity contribution is -0.738. The van der Waals surface area contributed by atoms with Crippen LogP contribution >= 0.6 is 0 Å². The van der Waals surface area contributed by atoms with Crippen LogP contribution in [-0.2, 0) is 10.0 Å². The first-order chi connectivity index (χ1) is 3.25. The zero-order chi connectivity index (χ0) is 7.00. The molecule has 0 saturated heterocycles. The molecule has 0 rings (SSSR count). The third-order valence-corrected chi connectivity index (χ3v) is 2.98. The molecule has 50 valence electrons. The number of hydrogen-bond donors (Lipinski definition) is 0. The summed E-state index contributed by atoms with van der Waals surface area (Å²) in [7, 11) is 1.96. The van der Waals surface area contributed by atoms with Crippen molar-refractivity contribution in [2.75, 3.05) is 27.4 Å². The van der Waals surface area contributed by atoms with Crippen LogP contribution < -0.4 is 0 Å². The number of quaternary nitrogens is 1. The first-order valence-corrected chi connectivity index (χ1v) is 4.11. The first-order valence-electron chi connectivity index (χ1n) is 2.27. The molecule has 0 aromatic carbocycles. The number of rotatable bonds is 1. The van der Waals surface area contributed by atoms with E-state index >= 15 is 0 Å². The van der Waals surface area contributed by atoms with E-state index in [1.807, 2.05) is 0 Å². The SMILES string of the molecule is C[N+](C)(C)S(C)(=O)=O. The van der Waals surface area contributed by atoms with E-state index in [1.165, 1.54) is 6.26 Å². The lowest BCUT2D eigenvalue weighted by atomic mass is 11.0. The molecule has 0 aliphatic rings. The highest BCUT2D eigenvalue weighted by molar-refractivity contribution is 7.85. The zero-order valence-electron chi connectivity index (χ0n) is 5.67. The molecule has 0 aliphatic carbocycles. The van der Waals surface area contributed by atoms with E-state index in [-0.39, 0.29) is 3.89 Å². The summed E-state index contributed by atoms with van der Waals surface area (Å²) < 4.78 is 21.2. The van der Waals surface area contributed by atoms with Gasteiger partial charge in [0.05, 0.1) is 27.4 Å². The molecule has 0 radical (unpaired) electrons. The lowest BCUT2D eigenvalue weighted by Crippen LogP contribution is -2.39. The molecule has 0 spiro atoms. The van der Waals surface area contributed by atoms with Crippen molar-refractivity contribution in [1.82, 2.24) is 0 Å². The topological polar surface area (TPSA) is 34.1 Å². The van der Waals surface area contributed by atoms with Crippen molar-refractivity contribution in [3.63, 3.8) is 0 Å². The van der Waals surface area contributed by atoms with Crippen LogP contribution in [0.4, 0.5) is 0 Å². The smallest absolute Gasteiger partial charge is 0.226 e. The monoisotopic (exact) mass is 138 g/mol. The molecule has 0 saturated carbocycles. The van der Waals surface area contributed by atoms with Crippen molar-refractivity contribution in [2.45, 2.75) is 0 Å². The Labute approximate surface area is 50.6 Å². The van der Waals surface area contributed by atoms with E-state index in [2.05, 4.69) is 0 Å². The minimum atomic E-state index is -2.90. The van der Waals surface area contributed by atoms with E-state index in [1.54, 1.807) is 21.1 Å². The molecule has 0 aromatic rings. The van der Waals surface area contributed by atoms with Gasteiger partial charge < -0.3 is 0 Å². The van der Waals surface area contributed by atoms with Crippen LogP contribution in [-0.4, -0.2) is 39.7 Å². The Balaban J connectivity index is 4.53. The Morgan fingerprint density at radius 2 is 1.25 bits per heavy atom. The van der Waals surface area contributed by atoms with Crippen LogP contribution in [0.2, 0.25) is 0 Å². The van der Waals surface area contributed by atoms with Gasteiger partial charge in [-0.3, -0.25) is 0 Å². The van der Waals surface area contributed by atoms with Crippen LogP contribution in [0.3, 0.4) is 0 Å². The van der Waals surface area contributed by atoms with E-state index < -0.39 is 10.0 Å². The predicted octanol–water partition coefficient (Wildman–Crippen LogP) is -0.348. The number of sulfonamides is 1. The predicted molar refractivity (Wildman–Crippen MR) is 32.9 cm³/mol. The lowest BCUT2D eigenvalue weighted by Gasteiger charge is -2.19. The fourth-order valence-corrected chi connectivity index (χ4v) is 0. The van der Waals surface area contributed by atoms with Crippen molar-refractivity contribution >= 4 is 10.0 Å². The van der Waals surface area contributed by atoms with Crippen molar-refractivity contribution < 1.29 is 12.3 Å². The Morgan fingerprint density at radius 1 is 1.12 bits per heavy atom. The summed E-state index contributed by atoms with van der Waals surface area (Å²) in [5.41, 5.74) is 0. The van der Waals surface area contributed by atoms with Crippen molar-refractivity contribution in [2.24, 2.45) is 0 Å². The summed E-state index contributed by atoms with van der Waals surface area (Å²) in [6.45, 7) is 0. The first kappa shape index (κ1) is 7.91. The van der Waals surface area contributed by atoms with E-state index in [9.17, 15) is 8.42 Å². The number of hydrogen-bond acceptors (Lipinski definition) is 2. The Morgan fingerprint density at radius 3 is 1.25 bits per heavy atom. The minimum absolute atomic E-state index is 0.00694. The Kier molecular flexibility index (Phi) is 1.68. The molecule has 3 nitrogen and oxygen atoms in total. The van der Waals surface area contributed by atoms with Crippen LogP contribution in [0.25, 0.3) is 0 Å². The molecule has 0 amide bonds. The van der Waals surface area contributed by atoms with Gasteiger partial charge in [0.15, 0.2) is 0 Å². The summed E-state index contributed by atoms with van der Waals surface area (Å²) in [6.07, 6.45) is 1.22. The normalized spacial score (nSPS) is 14.0. The fourth-order valence-electron chi connectivity index (χ4n) is 0. The molecular weight excluding hydrogens is 126 g/mol. The summed E-state index contributed by atoms with van der Waals surface area (Å²) in [5, 5.41) is 0. The maximum Gasteiger partial charge on any atom is 0.293 e. The Hall–Kier alpha value is -0.0900. The fraction of sp³-hybridized carbons (Fsp3) is 1.00. The summed E-state index contributed by atoms with van der Waals surface area (Å²) >= 11 is 0. The molecule has 0 aliphatic heterocycles. The van der Waals surface area contributed by atoms with E-state index in [0.717, 1.165) is 0 Å². The highest BCUT2D eigenvalue weighted by Gasteiger charge is 2.20. The zero-order valence-corrected chi connectivity index (χ0v) is 6.49. The van der Waals surface area contributed by atoms with Gasteiger partial charge in [-0.1, -0.05) is 0 Å². The third-order valence-electron chi connectivity index (χ3n) is 0.995. The maximum atomic E-state index is 10.6. The van der Waals surface area contributed by atoms with Crippen molar-refractivity contribution in [1.29, 1.82) is 0 Å². The molecule has 0 aromatic heterocycles. The van der Waals surface area contributed by atoms with Gasteiger partial charge in [0.1, 0.15) is 0 Å². The molecule has 0 fully saturated rings. The van der Waals surface area contributed by atoms with Gasteiger partial charge in [-0.05, 0) is 0 Å². The van der Waals surface area contributed by atoms with E-state index in [4.69, 9.17) is 0 Å². The standard InChI is InChI=1S/C4H12NO2S/c1-5(2,3)8(4,6)7/h1-4H3/q+1. The average molecular weight is 138 g/mol. The second kappa shape index (κ2) is 1.70. The van der Waals surface area contributed by atoms with Crippen molar-refractivity contribution in [3.8, 4) is 0 Å². The highest BCUT2D eigenvalue weighted by Crippen LogP contribution is 1.97. The average Bonchev–Trinajstić information content (AvgIpc) is 1.25. The van der Waals surface area contributed by atoms with Gasteiger partial charge in [-0.25, -0.2) is 3.89 Å². The van der Waals surface area contributed by atoms with Gasteiger partial charge in [0.25, 0.3) is 10.0 Å². The Bertz CT molecular complexity index is 163. The van der Waals surface area contributed by atoms with Gasteiger partial charge in [-0.15, -0.1) is 0 Å². The summed E-state index contributed by atoms with van der Waals surface area (Å²) in [5.74, 6) is 0. The molecular formula is C4H12NO2S+. The summed E-state index contributed by atoms with van der Waals surface area (Å²) in [4.78, 5) is 0. The van der Waals surface area contributed by atoms with E-state index in [0.29, 0.717) is 0 Å². The van der Waals surface area contributed by atoms with Crippen LogP contribution in [0.5, 0.6) is 0 Å². The number of nitrogens with zero attached hydrogens (tertiary/aromatic N) is 1. The van der Waals surface area contributed by atoms with Crippen LogP contribution in [0.15, 0.2) is 0 Å². The van der Waals surface area contributed by atoms with Gasteiger partial charge in [0.2, 0.25) is 0 Å². The molecule has 0 bridgehead atoms. The van der Waals surface area contributed by atoms with Crippen molar-refractivity contribution in [3.05, 3.63) is 0 Å². The molecule has 0 heterocycles. The second-order valence-corrected chi connectivity index (χ2v) is 5.18. The second-order valence-electron chi connectivity index (χ2n) is 2.62. The third kappa shape index (κ3) is 1.79. The largest absolute Gasteiger partial charge is 0.293 e. The highest BCUT2D eigenvalue weighted by atomic mass is 32.2. The van der Waals surface area contributed by atoms with Gasteiger partial charge in [-0.2, -0.15) is 8.42 Å². The summed E-state index contributed by atoms with van der Waals surface area (Å²) in [6, 6.07) is 0. The minimum Gasteiger partial charge on any atom is -0.226 e. The maximum absolute atomic E-state index is 10.6. The molecule has 0 N–H and O–H groups in total.